The summed E-state index contributed by atoms with van der Waals surface area (Å²) >= 11 is 0. The fourth-order valence-corrected chi connectivity index (χ4v) is 4.46. The minimum Gasteiger partial charge on any atom is -0.355 e. The Kier molecular flexibility index (Phi) is 5.10. The van der Waals surface area contributed by atoms with E-state index in [-0.39, 0.29) is 5.82 Å². The van der Waals surface area contributed by atoms with E-state index in [9.17, 15) is 12.8 Å². The van der Waals surface area contributed by atoms with Gasteiger partial charge in [-0.1, -0.05) is 18.2 Å². The van der Waals surface area contributed by atoms with E-state index in [1.165, 1.54) is 28.9 Å². The zero-order chi connectivity index (χ0) is 20.6. The standard InChI is InChI=1S/C22H22FN3O2S/c1-15-6-7-18(13-20(15)22-12-17(23)8-10-24-22)25-21-5-3-4-16-14-26(29(2,27)28)11-9-19(16)21/h3-8,10,12-13,25H,9,11,14H2,1-2H3. The summed E-state index contributed by atoms with van der Waals surface area (Å²) in [7, 11) is -3.21. The van der Waals surface area contributed by atoms with Crippen LogP contribution in [0.4, 0.5) is 15.8 Å². The summed E-state index contributed by atoms with van der Waals surface area (Å²) in [5.41, 5.74) is 6.41. The Bertz CT molecular complexity index is 1180. The number of fused-ring (bicyclic) bond motifs is 1. The fraction of sp³-hybridized carbons (Fsp3) is 0.227. The molecule has 0 spiro atoms. The molecule has 2 aromatic carbocycles. The smallest absolute Gasteiger partial charge is 0.211 e. The van der Waals surface area contributed by atoms with Gasteiger partial charge >= 0.3 is 0 Å². The number of sulfonamides is 1. The van der Waals surface area contributed by atoms with Gasteiger partial charge in [0.2, 0.25) is 10.0 Å². The number of rotatable bonds is 4. The minimum atomic E-state index is -3.21. The number of halogens is 1. The van der Waals surface area contributed by atoms with Crippen LogP contribution in [0.25, 0.3) is 11.3 Å². The third kappa shape index (κ3) is 4.16. The van der Waals surface area contributed by atoms with Crippen molar-refractivity contribution in [3.8, 4) is 11.3 Å². The first-order valence-corrected chi connectivity index (χ1v) is 11.2. The van der Waals surface area contributed by atoms with Crippen LogP contribution in [-0.4, -0.2) is 30.5 Å². The molecule has 1 aliphatic rings. The van der Waals surface area contributed by atoms with E-state index in [4.69, 9.17) is 0 Å². The van der Waals surface area contributed by atoms with E-state index >= 15 is 0 Å². The van der Waals surface area contributed by atoms with E-state index in [1.807, 2.05) is 43.3 Å². The minimum absolute atomic E-state index is 0.319. The van der Waals surface area contributed by atoms with Crippen molar-refractivity contribution in [3.05, 3.63) is 77.2 Å². The van der Waals surface area contributed by atoms with Crippen LogP contribution >= 0.6 is 0 Å². The highest BCUT2D eigenvalue weighted by molar-refractivity contribution is 7.88. The largest absolute Gasteiger partial charge is 0.355 e. The number of nitrogens with zero attached hydrogens (tertiary/aromatic N) is 2. The summed E-state index contributed by atoms with van der Waals surface area (Å²) in [5, 5.41) is 3.45. The molecule has 0 saturated heterocycles. The number of anilines is 2. The second kappa shape index (κ2) is 7.57. The van der Waals surface area contributed by atoms with Gasteiger partial charge in [-0.15, -0.1) is 0 Å². The summed E-state index contributed by atoms with van der Waals surface area (Å²) in [6.07, 6.45) is 3.36. The second-order valence-electron chi connectivity index (χ2n) is 7.30. The summed E-state index contributed by atoms with van der Waals surface area (Å²) < 4.78 is 38.9. The maximum atomic E-state index is 13.6. The first kappa shape index (κ1) is 19.5. The van der Waals surface area contributed by atoms with Gasteiger partial charge in [-0.2, -0.15) is 4.31 Å². The Balaban J connectivity index is 1.65. The summed E-state index contributed by atoms with van der Waals surface area (Å²) in [4.78, 5) is 4.29. The maximum absolute atomic E-state index is 13.6. The molecule has 29 heavy (non-hydrogen) atoms. The van der Waals surface area contributed by atoms with Gasteiger partial charge in [0.05, 0.1) is 11.9 Å². The van der Waals surface area contributed by atoms with Crippen molar-refractivity contribution in [3.63, 3.8) is 0 Å². The molecule has 1 aromatic heterocycles. The molecule has 0 saturated carbocycles. The van der Waals surface area contributed by atoms with Crippen LogP contribution < -0.4 is 5.32 Å². The van der Waals surface area contributed by atoms with Gasteiger partial charge < -0.3 is 5.32 Å². The zero-order valence-electron chi connectivity index (χ0n) is 16.3. The van der Waals surface area contributed by atoms with Crippen molar-refractivity contribution in [1.29, 1.82) is 0 Å². The molecule has 150 valence electrons. The maximum Gasteiger partial charge on any atom is 0.211 e. The molecule has 4 rings (SSSR count). The zero-order valence-corrected chi connectivity index (χ0v) is 17.1. The molecule has 0 atom stereocenters. The Hall–Kier alpha value is -2.77. The van der Waals surface area contributed by atoms with E-state index in [2.05, 4.69) is 10.3 Å². The molecule has 0 unspecified atom stereocenters. The van der Waals surface area contributed by atoms with Crippen molar-refractivity contribution in [2.45, 2.75) is 19.9 Å². The third-order valence-electron chi connectivity index (χ3n) is 5.21. The molecule has 1 aliphatic heterocycles. The van der Waals surface area contributed by atoms with Crippen molar-refractivity contribution in [2.24, 2.45) is 0 Å². The van der Waals surface area contributed by atoms with Crippen molar-refractivity contribution in [2.75, 3.05) is 18.1 Å². The Labute approximate surface area is 170 Å². The van der Waals surface area contributed by atoms with Crippen LogP contribution in [0.5, 0.6) is 0 Å². The van der Waals surface area contributed by atoms with Crippen LogP contribution in [0.15, 0.2) is 54.7 Å². The molecule has 3 aromatic rings. The van der Waals surface area contributed by atoms with Crippen molar-refractivity contribution in [1.82, 2.24) is 9.29 Å². The summed E-state index contributed by atoms with van der Waals surface area (Å²) in [6, 6.07) is 14.6. The predicted octanol–water partition coefficient (Wildman–Crippen LogP) is 4.26. The molecule has 7 heteroatoms. The summed E-state index contributed by atoms with van der Waals surface area (Å²) in [6.45, 7) is 2.82. The van der Waals surface area contributed by atoms with Gasteiger partial charge in [0.25, 0.3) is 0 Å². The van der Waals surface area contributed by atoms with E-state index in [0.29, 0.717) is 25.2 Å². The number of nitrogens with one attached hydrogen (secondary N) is 1. The van der Waals surface area contributed by atoms with Crippen molar-refractivity contribution < 1.29 is 12.8 Å². The number of pyridine rings is 1. The average molecular weight is 412 g/mol. The molecule has 5 nitrogen and oxygen atoms in total. The van der Waals surface area contributed by atoms with Gasteiger partial charge in [-0.05, 0) is 54.3 Å². The SMILES string of the molecule is Cc1ccc(Nc2cccc3c2CCN(S(C)(=O)=O)C3)cc1-c1cc(F)ccn1. The van der Waals surface area contributed by atoms with Crippen molar-refractivity contribution >= 4 is 21.4 Å². The van der Waals surface area contributed by atoms with Crippen LogP contribution in [0.3, 0.4) is 0 Å². The molecule has 0 bridgehead atoms. The molecule has 2 heterocycles. The van der Waals surface area contributed by atoms with E-state index in [1.54, 1.807) is 0 Å². The average Bonchev–Trinajstić information content (AvgIpc) is 2.68. The van der Waals surface area contributed by atoms with Gasteiger partial charge in [0.15, 0.2) is 0 Å². The van der Waals surface area contributed by atoms with E-state index < -0.39 is 10.0 Å². The third-order valence-corrected chi connectivity index (χ3v) is 6.46. The number of aromatic nitrogens is 1. The molecule has 0 radical (unpaired) electrons. The van der Waals surface area contributed by atoms with Gasteiger partial charge in [0.1, 0.15) is 5.82 Å². The summed E-state index contributed by atoms with van der Waals surface area (Å²) in [5.74, 6) is -0.319. The quantitative estimate of drug-likeness (QED) is 0.697. The second-order valence-corrected chi connectivity index (χ2v) is 9.29. The number of aryl methyl sites for hydroxylation is 1. The number of hydrogen-bond acceptors (Lipinski definition) is 4. The van der Waals surface area contributed by atoms with Gasteiger partial charge in [-0.3, -0.25) is 4.98 Å². The molecule has 0 aliphatic carbocycles. The molecular weight excluding hydrogens is 389 g/mol. The lowest BCUT2D eigenvalue weighted by molar-refractivity contribution is 0.395. The Morgan fingerprint density at radius 3 is 2.72 bits per heavy atom. The highest BCUT2D eigenvalue weighted by Crippen LogP contribution is 2.31. The lowest BCUT2D eigenvalue weighted by Gasteiger charge is -2.28. The topological polar surface area (TPSA) is 62.3 Å². The molecule has 0 amide bonds. The molecule has 1 N–H and O–H groups in total. The fourth-order valence-electron chi connectivity index (χ4n) is 3.67. The lowest BCUT2D eigenvalue weighted by Crippen LogP contribution is -2.35. The monoisotopic (exact) mass is 411 g/mol. The van der Waals surface area contributed by atoms with E-state index in [0.717, 1.165) is 33.6 Å². The Morgan fingerprint density at radius 2 is 1.97 bits per heavy atom. The first-order chi connectivity index (χ1) is 13.8. The number of benzene rings is 2. The van der Waals surface area contributed by atoms with Gasteiger partial charge in [0, 0.05) is 42.3 Å². The van der Waals surface area contributed by atoms with Crippen LogP contribution in [0.1, 0.15) is 16.7 Å². The molecule has 0 fully saturated rings. The highest BCUT2D eigenvalue weighted by atomic mass is 32.2. The lowest BCUT2D eigenvalue weighted by atomic mass is 9.98. The highest BCUT2D eigenvalue weighted by Gasteiger charge is 2.24. The van der Waals surface area contributed by atoms with Crippen LogP contribution in [0, 0.1) is 12.7 Å². The molecular formula is C22H22FN3O2S. The predicted molar refractivity (Wildman–Crippen MR) is 113 cm³/mol. The number of hydrogen-bond donors (Lipinski definition) is 1. The normalized spacial score (nSPS) is 14.4. The first-order valence-electron chi connectivity index (χ1n) is 9.37. The van der Waals surface area contributed by atoms with Gasteiger partial charge in [-0.25, -0.2) is 12.8 Å². The van der Waals surface area contributed by atoms with Crippen LogP contribution in [-0.2, 0) is 23.0 Å². The van der Waals surface area contributed by atoms with Crippen LogP contribution in [0.2, 0.25) is 0 Å². The Morgan fingerprint density at radius 1 is 1.14 bits per heavy atom.